The lowest BCUT2D eigenvalue weighted by atomic mass is 10.2. The number of rotatable bonds is 6. The molecule has 0 aliphatic carbocycles. The van der Waals surface area contributed by atoms with Gasteiger partial charge in [-0.05, 0) is 49.7 Å². The number of hydrogen-bond acceptors (Lipinski definition) is 4. The molecule has 2 aromatic heterocycles. The summed E-state index contributed by atoms with van der Waals surface area (Å²) in [5.74, 6) is 0.448. The SMILES string of the molecule is Cc1ccc2nc(COc3ccc(C(=O)NCC(C)O)cc3)cn2c1. The van der Waals surface area contributed by atoms with Gasteiger partial charge in [0.2, 0.25) is 0 Å². The molecule has 1 aromatic carbocycles. The Kier molecular flexibility index (Phi) is 5.00. The molecule has 0 radical (unpaired) electrons. The normalized spacial score (nSPS) is 12.1. The molecule has 0 aliphatic heterocycles. The molecule has 0 aliphatic rings. The van der Waals surface area contributed by atoms with Gasteiger partial charge in [-0.3, -0.25) is 4.79 Å². The molecule has 0 bridgehead atoms. The van der Waals surface area contributed by atoms with E-state index in [0.717, 1.165) is 11.3 Å². The quantitative estimate of drug-likeness (QED) is 0.723. The number of hydrogen-bond donors (Lipinski definition) is 2. The molecular weight excluding hydrogens is 318 g/mol. The van der Waals surface area contributed by atoms with Crippen LogP contribution in [0, 0.1) is 6.92 Å². The highest BCUT2D eigenvalue weighted by molar-refractivity contribution is 5.94. The Hall–Kier alpha value is -2.86. The summed E-state index contributed by atoms with van der Waals surface area (Å²) in [5, 5.41) is 11.8. The maximum absolute atomic E-state index is 11.9. The minimum atomic E-state index is -0.569. The van der Waals surface area contributed by atoms with Crippen molar-refractivity contribution in [3.05, 3.63) is 65.6 Å². The van der Waals surface area contributed by atoms with E-state index < -0.39 is 6.10 Å². The largest absolute Gasteiger partial charge is 0.487 e. The van der Waals surface area contributed by atoms with E-state index in [9.17, 15) is 9.90 Å². The van der Waals surface area contributed by atoms with Gasteiger partial charge < -0.3 is 19.6 Å². The lowest BCUT2D eigenvalue weighted by Crippen LogP contribution is -2.30. The zero-order valence-electron chi connectivity index (χ0n) is 14.3. The highest BCUT2D eigenvalue weighted by Crippen LogP contribution is 2.15. The van der Waals surface area contributed by atoms with Gasteiger partial charge in [-0.15, -0.1) is 0 Å². The molecule has 0 saturated heterocycles. The van der Waals surface area contributed by atoms with Crippen LogP contribution in [0.15, 0.2) is 48.8 Å². The Balaban J connectivity index is 1.60. The number of aryl methyl sites for hydroxylation is 1. The number of carbonyl (C=O) groups is 1. The van der Waals surface area contributed by atoms with Crippen LogP contribution in [0.3, 0.4) is 0 Å². The van der Waals surface area contributed by atoms with Crippen molar-refractivity contribution in [3.8, 4) is 5.75 Å². The fourth-order valence-corrected chi connectivity index (χ4v) is 2.43. The van der Waals surface area contributed by atoms with Gasteiger partial charge >= 0.3 is 0 Å². The van der Waals surface area contributed by atoms with Crippen molar-refractivity contribution in [2.45, 2.75) is 26.6 Å². The molecular formula is C19H21N3O3. The number of aromatic nitrogens is 2. The first kappa shape index (κ1) is 17.0. The second-order valence-electron chi connectivity index (χ2n) is 6.08. The van der Waals surface area contributed by atoms with E-state index in [2.05, 4.69) is 10.3 Å². The van der Waals surface area contributed by atoms with Crippen LogP contribution in [-0.2, 0) is 6.61 Å². The number of nitrogens with one attached hydrogen (secondary N) is 1. The molecule has 0 saturated carbocycles. The van der Waals surface area contributed by atoms with Crippen molar-refractivity contribution in [1.82, 2.24) is 14.7 Å². The fraction of sp³-hybridized carbons (Fsp3) is 0.263. The molecule has 6 nitrogen and oxygen atoms in total. The lowest BCUT2D eigenvalue weighted by molar-refractivity contribution is 0.0924. The summed E-state index contributed by atoms with van der Waals surface area (Å²) < 4.78 is 7.71. The average Bonchev–Trinajstić information content (AvgIpc) is 3.00. The second kappa shape index (κ2) is 7.36. The summed E-state index contributed by atoms with van der Waals surface area (Å²) >= 11 is 0. The van der Waals surface area contributed by atoms with Gasteiger partial charge in [0.15, 0.2) is 0 Å². The molecule has 0 spiro atoms. The highest BCUT2D eigenvalue weighted by atomic mass is 16.5. The molecule has 6 heteroatoms. The number of ether oxygens (including phenoxy) is 1. The first-order valence-electron chi connectivity index (χ1n) is 8.14. The molecule has 1 amide bonds. The third kappa shape index (κ3) is 4.36. The number of nitrogens with zero attached hydrogens (tertiary/aromatic N) is 2. The van der Waals surface area contributed by atoms with E-state index in [0.29, 0.717) is 17.9 Å². The first-order valence-corrected chi connectivity index (χ1v) is 8.14. The van der Waals surface area contributed by atoms with Crippen molar-refractivity contribution in [3.63, 3.8) is 0 Å². The van der Waals surface area contributed by atoms with Crippen molar-refractivity contribution in [1.29, 1.82) is 0 Å². The molecule has 130 valence electrons. The standard InChI is InChI=1S/C19H21N3O3/c1-13-3-8-18-21-16(11-22(18)10-13)12-25-17-6-4-15(5-7-17)19(24)20-9-14(2)23/h3-8,10-11,14,23H,9,12H2,1-2H3,(H,20,24). The van der Waals surface area contributed by atoms with Crippen molar-refractivity contribution < 1.29 is 14.6 Å². The number of aliphatic hydroxyl groups is 1. The van der Waals surface area contributed by atoms with Crippen LogP contribution < -0.4 is 10.1 Å². The molecule has 1 unspecified atom stereocenters. The van der Waals surface area contributed by atoms with Crippen LogP contribution in [0.5, 0.6) is 5.75 Å². The minimum Gasteiger partial charge on any atom is -0.487 e. The second-order valence-corrected chi connectivity index (χ2v) is 6.08. The van der Waals surface area contributed by atoms with Gasteiger partial charge in [0, 0.05) is 24.5 Å². The van der Waals surface area contributed by atoms with E-state index in [1.54, 1.807) is 31.2 Å². The first-order chi connectivity index (χ1) is 12.0. The molecule has 25 heavy (non-hydrogen) atoms. The van der Waals surface area contributed by atoms with Gasteiger partial charge in [-0.25, -0.2) is 4.98 Å². The Morgan fingerprint density at radius 1 is 1.24 bits per heavy atom. The Morgan fingerprint density at radius 2 is 2.00 bits per heavy atom. The summed E-state index contributed by atoms with van der Waals surface area (Å²) in [5.41, 5.74) is 3.41. The molecule has 2 heterocycles. The molecule has 1 atom stereocenters. The summed E-state index contributed by atoms with van der Waals surface area (Å²) in [6, 6.07) is 10.9. The van der Waals surface area contributed by atoms with Crippen LogP contribution in [-0.4, -0.2) is 33.0 Å². The van der Waals surface area contributed by atoms with E-state index in [1.165, 1.54) is 5.56 Å². The van der Waals surface area contributed by atoms with Crippen LogP contribution in [0.25, 0.3) is 5.65 Å². The molecule has 0 fully saturated rings. The highest BCUT2D eigenvalue weighted by Gasteiger charge is 2.07. The maximum atomic E-state index is 11.9. The average molecular weight is 339 g/mol. The van der Waals surface area contributed by atoms with Gasteiger partial charge in [0.1, 0.15) is 18.0 Å². The van der Waals surface area contributed by atoms with Crippen LogP contribution in [0.4, 0.5) is 0 Å². The van der Waals surface area contributed by atoms with Gasteiger partial charge in [0.25, 0.3) is 5.91 Å². The topological polar surface area (TPSA) is 75.9 Å². The van der Waals surface area contributed by atoms with E-state index in [1.807, 2.05) is 35.9 Å². The number of imidazole rings is 1. The van der Waals surface area contributed by atoms with E-state index in [4.69, 9.17) is 4.74 Å². The minimum absolute atomic E-state index is 0.219. The summed E-state index contributed by atoms with van der Waals surface area (Å²) in [6.07, 6.45) is 3.40. The van der Waals surface area contributed by atoms with Gasteiger partial charge in [0.05, 0.1) is 11.8 Å². The number of aliphatic hydroxyl groups excluding tert-OH is 1. The Morgan fingerprint density at radius 3 is 2.72 bits per heavy atom. The molecule has 3 aromatic rings. The zero-order chi connectivity index (χ0) is 17.8. The number of pyridine rings is 1. The Labute approximate surface area is 146 Å². The zero-order valence-corrected chi connectivity index (χ0v) is 14.3. The molecule has 2 N–H and O–H groups in total. The van der Waals surface area contributed by atoms with Crippen LogP contribution in [0.1, 0.15) is 28.5 Å². The lowest BCUT2D eigenvalue weighted by Gasteiger charge is -2.08. The number of fused-ring (bicyclic) bond motifs is 1. The van der Waals surface area contributed by atoms with Gasteiger partial charge in [-0.1, -0.05) is 6.07 Å². The third-order valence-corrected chi connectivity index (χ3v) is 3.71. The van der Waals surface area contributed by atoms with Gasteiger partial charge in [-0.2, -0.15) is 0 Å². The maximum Gasteiger partial charge on any atom is 0.251 e. The molecule has 3 rings (SSSR count). The fourth-order valence-electron chi connectivity index (χ4n) is 2.43. The summed E-state index contributed by atoms with van der Waals surface area (Å²) in [7, 11) is 0. The third-order valence-electron chi connectivity index (χ3n) is 3.71. The Bertz CT molecular complexity index is 869. The monoisotopic (exact) mass is 339 g/mol. The van der Waals surface area contributed by atoms with Crippen LogP contribution in [0.2, 0.25) is 0 Å². The predicted octanol–water partition coefficient (Wildman–Crippen LogP) is 2.33. The van der Waals surface area contributed by atoms with E-state index >= 15 is 0 Å². The van der Waals surface area contributed by atoms with Crippen molar-refractivity contribution in [2.75, 3.05) is 6.54 Å². The van der Waals surface area contributed by atoms with E-state index in [-0.39, 0.29) is 12.5 Å². The van der Waals surface area contributed by atoms with Crippen molar-refractivity contribution in [2.24, 2.45) is 0 Å². The predicted molar refractivity (Wildman–Crippen MR) is 94.7 cm³/mol. The van der Waals surface area contributed by atoms with Crippen LogP contribution >= 0.6 is 0 Å². The smallest absolute Gasteiger partial charge is 0.251 e. The number of benzene rings is 1. The number of amides is 1. The summed E-state index contributed by atoms with van der Waals surface area (Å²) in [6.45, 7) is 4.24. The van der Waals surface area contributed by atoms with Crippen molar-refractivity contribution >= 4 is 11.6 Å². The summed E-state index contributed by atoms with van der Waals surface area (Å²) in [4.78, 5) is 16.4. The number of carbonyl (C=O) groups excluding carboxylic acids is 1.